The Bertz CT molecular complexity index is 746. The van der Waals surface area contributed by atoms with Gasteiger partial charge in [0.05, 0.1) is 4.90 Å². The lowest BCUT2D eigenvalue weighted by Gasteiger charge is -2.18. The van der Waals surface area contributed by atoms with Crippen molar-refractivity contribution in [1.29, 1.82) is 0 Å². The van der Waals surface area contributed by atoms with Crippen LogP contribution in [-0.2, 0) is 14.6 Å². The molecule has 2 aromatic rings. The molecule has 7 heteroatoms. The molecule has 0 radical (unpaired) electrons. The Kier molecular flexibility index (Phi) is 5.15. The molecule has 2 rings (SSSR count). The Hall–Kier alpha value is -1.92. The molecule has 1 amide bonds. The highest BCUT2D eigenvalue weighted by atomic mass is 35.5. The zero-order valence-corrected chi connectivity index (χ0v) is 13.4. The van der Waals surface area contributed by atoms with Gasteiger partial charge in [-0.25, -0.2) is 8.42 Å². The fourth-order valence-electron chi connectivity index (χ4n) is 2.00. The summed E-state index contributed by atoms with van der Waals surface area (Å²) in [5, 5.41) is 2.11. The van der Waals surface area contributed by atoms with Crippen molar-refractivity contribution in [1.82, 2.24) is 10.3 Å². The van der Waals surface area contributed by atoms with Crippen LogP contribution >= 0.6 is 11.6 Å². The van der Waals surface area contributed by atoms with Gasteiger partial charge >= 0.3 is 0 Å². The number of halogens is 1. The van der Waals surface area contributed by atoms with E-state index in [1.165, 1.54) is 37.4 Å². The van der Waals surface area contributed by atoms with Crippen molar-refractivity contribution >= 4 is 27.3 Å². The Balaban J connectivity index is 2.43. The van der Waals surface area contributed by atoms with Gasteiger partial charge in [-0.3, -0.25) is 9.78 Å². The minimum atomic E-state index is -3.68. The van der Waals surface area contributed by atoms with E-state index in [2.05, 4.69) is 10.3 Å². The summed E-state index contributed by atoms with van der Waals surface area (Å²) in [5.41, 5.74) is 0.520. The van der Waals surface area contributed by atoms with E-state index in [-0.39, 0.29) is 17.3 Å². The molecule has 22 heavy (non-hydrogen) atoms. The van der Waals surface area contributed by atoms with Gasteiger partial charge in [-0.05, 0) is 35.9 Å². The van der Waals surface area contributed by atoms with Gasteiger partial charge in [-0.15, -0.1) is 0 Å². The van der Waals surface area contributed by atoms with Crippen LogP contribution in [-0.4, -0.2) is 25.9 Å². The molecule has 1 heterocycles. The van der Waals surface area contributed by atoms with Gasteiger partial charge in [0.25, 0.3) is 0 Å². The molecule has 116 valence electrons. The molecule has 0 saturated carbocycles. The van der Waals surface area contributed by atoms with Crippen LogP contribution in [0.1, 0.15) is 17.7 Å². The van der Waals surface area contributed by atoms with Crippen molar-refractivity contribution < 1.29 is 13.2 Å². The molecule has 1 atom stereocenters. The van der Waals surface area contributed by atoms with Crippen LogP contribution < -0.4 is 5.32 Å². The molecule has 0 spiro atoms. The number of sulfone groups is 1. The second-order valence-corrected chi connectivity index (χ2v) is 7.28. The molecular weight excluding hydrogens is 324 g/mol. The van der Waals surface area contributed by atoms with Gasteiger partial charge in [0.15, 0.2) is 9.84 Å². The Morgan fingerprint density at radius 3 is 2.50 bits per heavy atom. The van der Waals surface area contributed by atoms with Gasteiger partial charge in [-0.1, -0.05) is 17.7 Å². The number of pyridine rings is 1. The summed E-state index contributed by atoms with van der Waals surface area (Å²) in [6.07, 6.45) is 3.05. The molecule has 1 unspecified atom stereocenters. The fraction of sp³-hybridized carbons (Fsp3) is 0.200. The van der Waals surface area contributed by atoms with Crippen molar-refractivity contribution in [2.75, 3.05) is 6.54 Å². The summed E-state index contributed by atoms with van der Waals surface area (Å²) in [4.78, 5) is 15.3. The second kappa shape index (κ2) is 6.89. The van der Waals surface area contributed by atoms with Crippen LogP contribution in [0, 0.1) is 0 Å². The van der Waals surface area contributed by atoms with Gasteiger partial charge in [-0.2, -0.15) is 0 Å². The number of nitrogens with zero attached hydrogens (tertiary/aromatic N) is 1. The van der Waals surface area contributed by atoms with Crippen molar-refractivity contribution in [3.8, 4) is 0 Å². The zero-order valence-electron chi connectivity index (χ0n) is 11.9. The first-order valence-electron chi connectivity index (χ1n) is 6.55. The van der Waals surface area contributed by atoms with Gasteiger partial charge < -0.3 is 5.32 Å². The number of hydrogen-bond acceptors (Lipinski definition) is 4. The molecule has 1 N–H and O–H groups in total. The Morgan fingerprint density at radius 1 is 1.27 bits per heavy atom. The first-order valence-corrected chi connectivity index (χ1v) is 8.47. The maximum atomic E-state index is 12.8. The minimum Gasteiger partial charge on any atom is -0.355 e. The number of carbonyl (C=O) groups excluding carboxylic acids is 1. The Labute approximate surface area is 134 Å². The Morgan fingerprint density at radius 2 is 1.95 bits per heavy atom. The van der Waals surface area contributed by atoms with Gasteiger partial charge in [0.2, 0.25) is 5.91 Å². The average molecular weight is 339 g/mol. The molecule has 1 aromatic carbocycles. The highest BCUT2D eigenvalue weighted by molar-refractivity contribution is 7.91. The summed E-state index contributed by atoms with van der Waals surface area (Å²) in [6.45, 7) is 1.32. The quantitative estimate of drug-likeness (QED) is 0.908. The van der Waals surface area contributed by atoms with Crippen LogP contribution in [0.25, 0.3) is 0 Å². The molecule has 1 aromatic heterocycles. The molecule has 0 aliphatic carbocycles. The predicted octanol–water partition coefficient (Wildman–Crippen LogP) is 2.39. The normalized spacial score (nSPS) is 12.6. The SMILES string of the molecule is CC(=O)NCC(c1cccnc1)S(=O)(=O)c1ccc(Cl)cc1. The van der Waals surface area contributed by atoms with E-state index >= 15 is 0 Å². The van der Waals surface area contributed by atoms with E-state index < -0.39 is 15.1 Å². The van der Waals surface area contributed by atoms with E-state index in [0.717, 1.165) is 0 Å². The standard InChI is InChI=1S/C15H15ClN2O3S/c1-11(19)18-10-15(12-3-2-8-17-9-12)22(20,21)14-6-4-13(16)5-7-14/h2-9,15H,10H2,1H3,(H,18,19). The number of carbonyl (C=O) groups is 1. The topological polar surface area (TPSA) is 76.1 Å². The molecule has 0 saturated heterocycles. The number of nitrogens with one attached hydrogen (secondary N) is 1. The predicted molar refractivity (Wildman–Crippen MR) is 84.3 cm³/mol. The third-order valence-electron chi connectivity index (χ3n) is 3.11. The number of hydrogen-bond donors (Lipinski definition) is 1. The van der Waals surface area contributed by atoms with Crippen LogP contribution in [0.15, 0.2) is 53.7 Å². The molecule has 0 aliphatic heterocycles. The molecule has 5 nitrogen and oxygen atoms in total. The molecular formula is C15H15ClN2O3S. The maximum absolute atomic E-state index is 12.8. The van der Waals surface area contributed by atoms with Crippen LogP contribution in [0.3, 0.4) is 0 Å². The first-order chi connectivity index (χ1) is 10.4. The maximum Gasteiger partial charge on any atom is 0.216 e. The van der Waals surface area contributed by atoms with Crippen molar-refractivity contribution in [2.24, 2.45) is 0 Å². The number of rotatable bonds is 5. The lowest BCUT2D eigenvalue weighted by Crippen LogP contribution is -2.30. The van der Waals surface area contributed by atoms with E-state index in [9.17, 15) is 13.2 Å². The summed E-state index contributed by atoms with van der Waals surface area (Å²) in [6, 6.07) is 9.28. The highest BCUT2D eigenvalue weighted by Crippen LogP contribution is 2.28. The van der Waals surface area contributed by atoms with Crippen LogP contribution in [0.2, 0.25) is 5.02 Å². The van der Waals surface area contributed by atoms with E-state index in [1.807, 2.05) is 0 Å². The average Bonchev–Trinajstić information content (AvgIpc) is 2.48. The first kappa shape index (κ1) is 16.5. The largest absolute Gasteiger partial charge is 0.355 e. The van der Waals surface area contributed by atoms with E-state index in [0.29, 0.717) is 10.6 Å². The summed E-state index contributed by atoms with van der Waals surface area (Å²) >= 11 is 5.80. The third kappa shape index (κ3) is 3.84. The third-order valence-corrected chi connectivity index (χ3v) is 5.48. The second-order valence-electron chi connectivity index (χ2n) is 4.71. The molecule has 0 aliphatic rings. The monoisotopic (exact) mass is 338 g/mol. The van der Waals surface area contributed by atoms with Crippen LogP contribution in [0.4, 0.5) is 0 Å². The lowest BCUT2D eigenvalue weighted by molar-refractivity contribution is -0.118. The van der Waals surface area contributed by atoms with Crippen molar-refractivity contribution in [2.45, 2.75) is 17.1 Å². The van der Waals surface area contributed by atoms with E-state index in [1.54, 1.807) is 18.3 Å². The zero-order chi connectivity index (χ0) is 16.2. The molecule has 0 fully saturated rings. The minimum absolute atomic E-state index is 0.0218. The number of aromatic nitrogens is 1. The number of amides is 1. The lowest BCUT2D eigenvalue weighted by atomic mass is 10.2. The van der Waals surface area contributed by atoms with Crippen molar-refractivity contribution in [3.05, 3.63) is 59.4 Å². The highest BCUT2D eigenvalue weighted by Gasteiger charge is 2.29. The van der Waals surface area contributed by atoms with E-state index in [4.69, 9.17) is 11.6 Å². The number of benzene rings is 1. The smallest absolute Gasteiger partial charge is 0.216 e. The summed E-state index contributed by atoms with van der Waals surface area (Å²) in [7, 11) is -3.68. The molecule has 0 bridgehead atoms. The van der Waals surface area contributed by atoms with Crippen molar-refractivity contribution in [3.63, 3.8) is 0 Å². The fourth-order valence-corrected chi connectivity index (χ4v) is 3.77. The summed E-state index contributed by atoms with van der Waals surface area (Å²) in [5.74, 6) is -0.291. The van der Waals surface area contributed by atoms with Gasteiger partial charge in [0.1, 0.15) is 5.25 Å². The summed E-state index contributed by atoms with van der Waals surface area (Å²) < 4.78 is 25.7. The van der Waals surface area contributed by atoms with Gasteiger partial charge in [0, 0.05) is 30.9 Å². The van der Waals surface area contributed by atoms with Crippen LogP contribution in [0.5, 0.6) is 0 Å².